The molecule has 20 heavy (non-hydrogen) atoms. The first-order valence-electron chi connectivity index (χ1n) is 6.54. The second-order valence-corrected chi connectivity index (χ2v) is 4.60. The molecule has 3 nitrogen and oxygen atoms in total. The zero-order valence-corrected chi connectivity index (χ0v) is 11.3. The zero-order valence-electron chi connectivity index (χ0n) is 11.3. The number of pyridine rings is 1. The van der Waals surface area contributed by atoms with E-state index in [1.165, 1.54) is 0 Å². The maximum absolute atomic E-state index is 5.88. The highest BCUT2D eigenvalue weighted by Crippen LogP contribution is 2.32. The van der Waals surface area contributed by atoms with Gasteiger partial charge in [0, 0.05) is 18.1 Å². The summed E-state index contributed by atoms with van der Waals surface area (Å²) < 4.78 is 5.27. The van der Waals surface area contributed by atoms with Crippen molar-refractivity contribution in [3.8, 4) is 16.9 Å². The van der Waals surface area contributed by atoms with Crippen molar-refractivity contribution in [3.05, 3.63) is 60.3 Å². The molecule has 3 rings (SSSR count). The van der Waals surface area contributed by atoms with Gasteiger partial charge in [0.15, 0.2) is 0 Å². The lowest BCUT2D eigenvalue weighted by Crippen LogP contribution is -2.00. The van der Waals surface area contributed by atoms with Gasteiger partial charge in [0.25, 0.3) is 0 Å². The SMILES string of the molecule is COc1ccc(-c2cccc3ncccc23)c(CN)c1. The third kappa shape index (κ3) is 2.12. The van der Waals surface area contributed by atoms with Crippen molar-refractivity contribution in [1.29, 1.82) is 0 Å². The number of benzene rings is 2. The van der Waals surface area contributed by atoms with Gasteiger partial charge in [-0.2, -0.15) is 0 Å². The molecular weight excluding hydrogens is 248 g/mol. The van der Waals surface area contributed by atoms with Crippen molar-refractivity contribution in [2.75, 3.05) is 7.11 Å². The summed E-state index contributed by atoms with van der Waals surface area (Å²) in [4.78, 5) is 4.40. The lowest BCUT2D eigenvalue weighted by molar-refractivity contribution is 0.414. The van der Waals surface area contributed by atoms with Crippen LogP contribution in [0.25, 0.3) is 22.0 Å². The summed E-state index contributed by atoms with van der Waals surface area (Å²) >= 11 is 0. The van der Waals surface area contributed by atoms with Gasteiger partial charge >= 0.3 is 0 Å². The van der Waals surface area contributed by atoms with Crippen LogP contribution in [0.4, 0.5) is 0 Å². The number of nitrogens with zero attached hydrogens (tertiary/aromatic N) is 1. The summed E-state index contributed by atoms with van der Waals surface area (Å²) in [7, 11) is 1.66. The molecule has 0 amide bonds. The molecule has 0 aliphatic rings. The van der Waals surface area contributed by atoms with E-state index in [-0.39, 0.29) is 0 Å². The third-order valence-electron chi connectivity index (χ3n) is 3.47. The second-order valence-electron chi connectivity index (χ2n) is 4.60. The van der Waals surface area contributed by atoms with Gasteiger partial charge in [-0.05, 0) is 41.0 Å². The fourth-order valence-electron chi connectivity index (χ4n) is 2.47. The highest BCUT2D eigenvalue weighted by atomic mass is 16.5. The number of nitrogens with two attached hydrogens (primary N) is 1. The first-order chi connectivity index (χ1) is 9.83. The van der Waals surface area contributed by atoms with Crippen LogP contribution in [-0.4, -0.2) is 12.1 Å². The first kappa shape index (κ1) is 12.6. The molecule has 2 aromatic carbocycles. The normalized spacial score (nSPS) is 10.7. The van der Waals surface area contributed by atoms with E-state index >= 15 is 0 Å². The van der Waals surface area contributed by atoms with Crippen molar-refractivity contribution in [3.63, 3.8) is 0 Å². The molecule has 0 fully saturated rings. The van der Waals surface area contributed by atoms with Crippen LogP contribution in [0.5, 0.6) is 5.75 Å². The second kappa shape index (κ2) is 5.31. The maximum atomic E-state index is 5.88. The summed E-state index contributed by atoms with van der Waals surface area (Å²) in [6.45, 7) is 0.475. The molecule has 2 N–H and O–H groups in total. The molecule has 0 atom stereocenters. The van der Waals surface area contributed by atoms with Gasteiger partial charge in [0.2, 0.25) is 0 Å². The maximum Gasteiger partial charge on any atom is 0.119 e. The van der Waals surface area contributed by atoms with Gasteiger partial charge in [-0.15, -0.1) is 0 Å². The van der Waals surface area contributed by atoms with Crippen LogP contribution in [-0.2, 0) is 6.54 Å². The van der Waals surface area contributed by atoms with Crippen LogP contribution < -0.4 is 10.5 Å². The standard InChI is InChI=1S/C17H16N2O/c1-20-13-7-8-14(12(10-13)11-18)15-4-2-6-17-16(15)5-3-9-19-17/h2-10H,11,18H2,1H3. The number of fused-ring (bicyclic) bond motifs is 1. The smallest absolute Gasteiger partial charge is 0.119 e. The van der Waals surface area contributed by atoms with Gasteiger partial charge in [-0.3, -0.25) is 4.98 Å². The molecule has 0 saturated carbocycles. The van der Waals surface area contributed by atoms with E-state index in [9.17, 15) is 0 Å². The Labute approximate surface area is 118 Å². The summed E-state index contributed by atoms with van der Waals surface area (Å²) in [6, 6.07) is 16.2. The molecule has 1 heterocycles. The highest BCUT2D eigenvalue weighted by molar-refractivity contribution is 5.95. The molecule has 3 aromatic rings. The molecule has 0 aliphatic heterocycles. The minimum Gasteiger partial charge on any atom is -0.497 e. The Hall–Kier alpha value is -2.39. The lowest BCUT2D eigenvalue weighted by Gasteiger charge is -2.12. The summed E-state index contributed by atoms with van der Waals surface area (Å²) in [5.41, 5.74) is 10.2. The minimum absolute atomic E-state index is 0.475. The molecule has 0 unspecified atom stereocenters. The third-order valence-corrected chi connectivity index (χ3v) is 3.47. The van der Waals surface area contributed by atoms with E-state index in [0.29, 0.717) is 6.54 Å². The van der Waals surface area contributed by atoms with Crippen LogP contribution >= 0.6 is 0 Å². The predicted octanol–water partition coefficient (Wildman–Crippen LogP) is 3.37. The number of aromatic nitrogens is 1. The fraction of sp³-hybridized carbons (Fsp3) is 0.118. The lowest BCUT2D eigenvalue weighted by atomic mass is 9.96. The molecule has 0 radical (unpaired) electrons. The van der Waals surface area contributed by atoms with Gasteiger partial charge < -0.3 is 10.5 Å². The van der Waals surface area contributed by atoms with Gasteiger partial charge in [0.1, 0.15) is 5.75 Å². The Balaban J connectivity index is 2.25. The number of rotatable bonds is 3. The Bertz CT molecular complexity index is 748. The van der Waals surface area contributed by atoms with Gasteiger partial charge in [-0.1, -0.05) is 24.3 Å². The summed E-state index contributed by atoms with van der Waals surface area (Å²) in [6.07, 6.45) is 1.81. The van der Waals surface area contributed by atoms with Gasteiger partial charge in [-0.25, -0.2) is 0 Å². The molecule has 0 aliphatic carbocycles. The van der Waals surface area contributed by atoms with E-state index in [2.05, 4.69) is 23.2 Å². The molecule has 0 spiro atoms. The van der Waals surface area contributed by atoms with Crippen LogP contribution in [0.1, 0.15) is 5.56 Å². The average Bonchev–Trinajstić information content (AvgIpc) is 2.53. The van der Waals surface area contributed by atoms with Crippen molar-refractivity contribution in [2.24, 2.45) is 5.73 Å². The Kier molecular flexibility index (Phi) is 3.35. The summed E-state index contributed by atoms with van der Waals surface area (Å²) in [5, 5.41) is 1.13. The number of hydrogen-bond acceptors (Lipinski definition) is 3. The van der Waals surface area contributed by atoms with Crippen LogP contribution in [0.15, 0.2) is 54.7 Å². The van der Waals surface area contributed by atoms with E-state index in [1.54, 1.807) is 7.11 Å². The monoisotopic (exact) mass is 264 g/mol. The molecule has 0 saturated heterocycles. The predicted molar refractivity (Wildman–Crippen MR) is 81.6 cm³/mol. The quantitative estimate of drug-likeness (QED) is 0.789. The topological polar surface area (TPSA) is 48.1 Å². The molecule has 0 bridgehead atoms. The van der Waals surface area contributed by atoms with E-state index < -0.39 is 0 Å². The Morgan fingerprint density at radius 3 is 2.75 bits per heavy atom. The highest BCUT2D eigenvalue weighted by Gasteiger charge is 2.09. The summed E-state index contributed by atoms with van der Waals surface area (Å²) in [5.74, 6) is 0.826. The molecular formula is C17H16N2O. The molecule has 100 valence electrons. The van der Waals surface area contributed by atoms with Crippen LogP contribution in [0.3, 0.4) is 0 Å². The zero-order chi connectivity index (χ0) is 13.9. The van der Waals surface area contributed by atoms with Crippen molar-refractivity contribution < 1.29 is 4.74 Å². The van der Waals surface area contributed by atoms with E-state index in [1.807, 2.05) is 36.5 Å². The van der Waals surface area contributed by atoms with Crippen molar-refractivity contribution in [2.45, 2.75) is 6.54 Å². The number of methoxy groups -OCH3 is 1. The fourth-order valence-corrected chi connectivity index (χ4v) is 2.47. The van der Waals surface area contributed by atoms with E-state index in [0.717, 1.165) is 33.3 Å². The minimum atomic E-state index is 0.475. The molecule has 3 heteroatoms. The number of hydrogen-bond donors (Lipinski definition) is 1. The largest absolute Gasteiger partial charge is 0.497 e. The average molecular weight is 264 g/mol. The van der Waals surface area contributed by atoms with Crippen LogP contribution in [0, 0.1) is 0 Å². The van der Waals surface area contributed by atoms with Crippen LogP contribution in [0.2, 0.25) is 0 Å². The molecule has 1 aromatic heterocycles. The van der Waals surface area contributed by atoms with E-state index in [4.69, 9.17) is 10.5 Å². The Morgan fingerprint density at radius 2 is 1.95 bits per heavy atom. The van der Waals surface area contributed by atoms with Crippen molar-refractivity contribution in [1.82, 2.24) is 4.98 Å². The Morgan fingerprint density at radius 1 is 1.05 bits per heavy atom. The first-order valence-corrected chi connectivity index (χ1v) is 6.54. The van der Waals surface area contributed by atoms with Gasteiger partial charge in [0.05, 0.1) is 12.6 Å². The van der Waals surface area contributed by atoms with Crippen molar-refractivity contribution >= 4 is 10.9 Å². The number of ether oxygens (including phenoxy) is 1.